The summed E-state index contributed by atoms with van der Waals surface area (Å²) in [6.45, 7) is 25.4. The van der Waals surface area contributed by atoms with Crippen LogP contribution in [0.15, 0.2) is 108 Å². The standard InChI is InChI=1S/2C27H27.2CH3.2ClH.H2Si.Zr/c2*1-6-21-15-26-24(22-11-17(2)9-18(3)12-22)7-8-25(27(26)16-21)23-13-19(4)10-20(5)14-23;;;;;;/h2*7-16H,6H2,1-5H3;2*1H3;2*1H;1H2;. The van der Waals surface area contributed by atoms with Crippen molar-refractivity contribution in [2.45, 2.75) is 98.6 Å². The molecule has 4 heteroatoms. The molecule has 2 atom stereocenters. The van der Waals surface area contributed by atoms with E-state index in [1.165, 1.54) is 100 Å². The number of aryl methyl sites for hydroxylation is 8. The maximum atomic E-state index is 2.84. The van der Waals surface area contributed by atoms with Gasteiger partial charge in [0.25, 0.3) is 0 Å². The second-order valence-corrected chi connectivity index (χ2v) is 49.9. The average molecular weight is 927 g/mol. The second kappa shape index (κ2) is 17.0. The topological polar surface area (TPSA) is 0 Å². The van der Waals surface area contributed by atoms with Crippen molar-refractivity contribution in [2.24, 2.45) is 0 Å². The van der Waals surface area contributed by atoms with E-state index in [0.717, 1.165) is 12.8 Å². The number of hydrogen-bond acceptors (Lipinski definition) is 0. The second-order valence-electron chi connectivity index (χ2n) is 19.4. The summed E-state index contributed by atoms with van der Waals surface area (Å²) >= 11 is -4.13. The maximum absolute atomic E-state index is 4.13. The van der Waals surface area contributed by atoms with Crippen LogP contribution in [0.25, 0.3) is 56.7 Å². The van der Waals surface area contributed by atoms with Gasteiger partial charge in [0.05, 0.1) is 0 Å². The third kappa shape index (κ3) is 8.13. The van der Waals surface area contributed by atoms with Crippen LogP contribution in [-0.2, 0) is 17.4 Å². The predicted octanol–water partition coefficient (Wildman–Crippen LogP) is 16.4. The quantitative estimate of drug-likeness (QED) is 0.133. The molecule has 0 aromatic heterocycles. The molecule has 0 aliphatic heterocycles. The first-order valence-corrected chi connectivity index (χ1v) is 35.3. The van der Waals surface area contributed by atoms with Crippen molar-refractivity contribution < 1.29 is 17.4 Å². The van der Waals surface area contributed by atoms with E-state index in [9.17, 15) is 0 Å². The van der Waals surface area contributed by atoms with Crippen LogP contribution in [0.5, 0.6) is 0 Å². The van der Waals surface area contributed by atoms with Crippen molar-refractivity contribution in [3.05, 3.63) is 175 Å². The van der Waals surface area contributed by atoms with Crippen molar-refractivity contribution in [1.82, 2.24) is 0 Å². The molecule has 2 aliphatic rings. The molecule has 6 aromatic carbocycles. The van der Waals surface area contributed by atoms with E-state index in [-0.39, 0.29) is 24.8 Å². The van der Waals surface area contributed by atoms with Crippen LogP contribution in [0.2, 0.25) is 9.26 Å². The van der Waals surface area contributed by atoms with Gasteiger partial charge in [-0.2, -0.15) is 0 Å². The summed E-state index contributed by atoms with van der Waals surface area (Å²) in [6, 6.07) is 38.5. The number of halogens is 2. The van der Waals surface area contributed by atoms with Crippen LogP contribution in [0.4, 0.5) is 0 Å². The van der Waals surface area contributed by atoms with Gasteiger partial charge in [-0.25, -0.2) is 0 Å². The molecule has 0 N–H and O–H groups in total. The molecule has 0 heterocycles. The Kier molecular flexibility index (Phi) is 13.0. The van der Waals surface area contributed by atoms with Crippen molar-refractivity contribution in [2.75, 3.05) is 0 Å². The van der Waals surface area contributed by atoms with Crippen LogP contribution < -0.4 is 0 Å². The fourth-order valence-corrected chi connectivity index (χ4v) is 31.5. The first-order valence-electron chi connectivity index (χ1n) is 21.6. The fourth-order valence-electron chi connectivity index (χ4n) is 11.6. The van der Waals surface area contributed by atoms with E-state index in [0.29, 0.717) is 7.25 Å². The molecule has 0 nitrogen and oxygen atoms in total. The zero-order chi connectivity index (χ0) is 41.4. The Hall–Kier alpha value is -3.52. The summed E-state index contributed by atoms with van der Waals surface area (Å²) in [7, 11) is 0. The van der Waals surface area contributed by atoms with Crippen LogP contribution in [-0.4, -0.2) is 6.88 Å². The molecule has 0 amide bonds. The summed E-state index contributed by atoms with van der Waals surface area (Å²) in [5.41, 5.74) is 30.9. The minimum Gasteiger partial charge on any atom is -0.147 e. The monoisotopic (exact) mass is 924 g/mol. The van der Waals surface area contributed by atoms with E-state index in [1.807, 2.05) is 0 Å². The Morgan fingerprint density at radius 1 is 0.400 bits per heavy atom. The summed E-state index contributed by atoms with van der Waals surface area (Å²) in [5, 5.41) is 0. The predicted molar refractivity (Wildman–Crippen MR) is 269 cm³/mol. The van der Waals surface area contributed by atoms with Crippen molar-refractivity contribution in [3.8, 4) is 44.5 Å². The molecule has 0 bridgehead atoms. The number of rotatable bonds is 8. The molecule has 8 rings (SSSR count). The summed E-state index contributed by atoms with van der Waals surface area (Å²) in [5.74, 6) is 0. The molecule has 0 saturated carbocycles. The minimum atomic E-state index is -4.13. The zero-order valence-electron chi connectivity index (χ0n) is 38.0. The van der Waals surface area contributed by atoms with Crippen molar-refractivity contribution in [1.29, 1.82) is 0 Å². The normalized spacial score (nSPS) is 15.8. The van der Waals surface area contributed by atoms with Crippen LogP contribution in [0, 0.1) is 55.4 Å². The molecule has 310 valence electrons. The van der Waals surface area contributed by atoms with Crippen LogP contribution in [0.1, 0.15) is 101 Å². The molecule has 2 aliphatic carbocycles. The Balaban J connectivity index is 0.00000302. The van der Waals surface area contributed by atoms with Gasteiger partial charge in [-0.3, -0.25) is 0 Å². The molecule has 2 unspecified atom stereocenters. The summed E-state index contributed by atoms with van der Waals surface area (Å²) in [6.07, 6.45) is 7.43. The van der Waals surface area contributed by atoms with Gasteiger partial charge in [0.1, 0.15) is 0 Å². The van der Waals surface area contributed by atoms with Gasteiger partial charge in [-0.05, 0) is 0 Å². The van der Waals surface area contributed by atoms with Gasteiger partial charge in [0.2, 0.25) is 0 Å². The Morgan fingerprint density at radius 3 is 0.883 bits per heavy atom. The number of fused-ring (bicyclic) bond motifs is 2. The summed E-state index contributed by atoms with van der Waals surface area (Å²) < 4.78 is 6.47. The van der Waals surface area contributed by atoms with Crippen LogP contribution >= 0.6 is 24.8 Å². The molecule has 60 heavy (non-hydrogen) atoms. The first kappa shape index (κ1) is 46.0. The van der Waals surface area contributed by atoms with Gasteiger partial charge in [-0.15, -0.1) is 24.8 Å². The fraction of sp³-hybridized carbons (Fsp3) is 0.286. The van der Waals surface area contributed by atoms with E-state index in [4.69, 9.17) is 0 Å². The third-order valence-electron chi connectivity index (χ3n) is 13.4. The Morgan fingerprint density at radius 2 is 0.633 bits per heavy atom. The molecular formula is C56H64Cl2SiZr. The van der Waals surface area contributed by atoms with E-state index < -0.39 is 17.4 Å². The van der Waals surface area contributed by atoms with Gasteiger partial charge >= 0.3 is 355 Å². The van der Waals surface area contributed by atoms with E-state index >= 15 is 0 Å². The number of benzene rings is 6. The van der Waals surface area contributed by atoms with E-state index in [2.05, 4.69) is 195 Å². The Bertz CT molecular complexity index is 2560. The first-order chi connectivity index (χ1) is 27.4. The zero-order valence-corrected chi connectivity index (χ0v) is 43.5. The molecule has 0 spiro atoms. The smallest absolute Gasteiger partial charge is 0.147 e. The van der Waals surface area contributed by atoms with Gasteiger partial charge < -0.3 is 0 Å². The van der Waals surface area contributed by atoms with Crippen LogP contribution in [0.3, 0.4) is 0 Å². The largest absolute Gasteiger partial charge is 0.147 e. The Labute approximate surface area is 376 Å². The van der Waals surface area contributed by atoms with Gasteiger partial charge in [0.15, 0.2) is 0 Å². The molecular weight excluding hydrogens is 863 g/mol. The van der Waals surface area contributed by atoms with E-state index in [1.54, 1.807) is 22.3 Å². The van der Waals surface area contributed by atoms with Gasteiger partial charge in [-0.1, -0.05) is 0 Å². The molecule has 0 fully saturated rings. The maximum Gasteiger partial charge on any atom is -0.147 e. The van der Waals surface area contributed by atoms with Crippen molar-refractivity contribution >= 4 is 43.8 Å². The van der Waals surface area contributed by atoms with Gasteiger partial charge in [0, 0.05) is 0 Å². The number of hydrogen-bond donors (Lipinski definition) is 0. The molecule has 0 radical (unpaired) electrons. The molecule has 6 aromatic rings. The molecule has 0 saturated heterocycles. The summed E-state index contributed by atoms with van der Waals surface area (Å²) in [4.78, 5) is 0. The van der Waals surface area contributed by atoms with Crippen molar-refractivity contribution in [3.63, 3.8) is 0 Å². The SMILES string of the molecule is CCC1=Cc2c(-c3cc(C)cc(C)c3)ccc(-c3cc(C)cc(C)c3)c2[CH]1[Zr]([CH3])([CH3])(=[SiH2])[CH]1C(CC)=Cc2c(-c3cc(C)cc(C)c3)ccc(-c3cc(C)cc(C)c3)c21.Cl.Cl. The third-order valence-corrected chi connectivity index (χ3v) is 30.8. The average Bonchev–Trinajstić information content (AvgIpc) is 3.74. The minimum absolute atomic E-state index is 0. The number of allylic oxidation sites excluding steroid dienone is 2.